The van der Waals surface area contributed by atoms with E-state index in [1.54, 1.807) is 27.7 Å². The van der Waals surface area contributed by atoms with E-state index in [-0.39, 0.29) is 30.1 Å². The van der Waals surface area contributed by atoms with Crippen molar-refractivity contribution in [1.29, 1.82) is 0 Å². The molecule has 1 aliphatic rings. The highest BCUT2D eigenvalue weighted by atomic mass is 16.6. The van der Waals surface area contributed by atoms with Crippen molar-refractivity contribution in [3.63, 3.8) is 0 Å². The van der Waals surface area contributed by atoms with Crippen LogP contribution in [0.2, 0.25) is 0 Å². The topological polar surface area (TPSA) is 153 Å². The number of carbonyl (C=O) groups is 4. The van der Waals surface area contributed by atoms with Gasteiger partial charge in [0.2, 0.25) is 0 Å². The highest BCUT2D eigenvalue weighted by molar-refractivity contribution is 5.69. The summed E-state index contributed by atoms with van der Waals surface area (Å²) in [5.41, 5.74) is -0.385. The van der Waals surface area contributed by atoms with Gasteiger partial charge >= 0.3 is 24.4 Å². The maximum Gasteiger partial charge on any atom is 0.407 e. The standard InChI is InChI=1S/C24H44N4O8/c1-8-25-19(29)33-12-16(3)35-21(31)27-15-24(7)11-18(10-23(5,6)14-24)28-22(32)36-17(4)13-34-20(30)26-9-2/h16-18H,8-15H2,1-7H3,(H,25,29)(H,26,30)(H,27,31)(H,28,32). The summed E-state index contributed by atoms with van der Waals surface area (Å²) in [6.07, 6.45) is -1.31. The number of rotatable bonds is 11. The fourth-order valence-corrected chi connectivity index (χ4v) is 4.61. The molecular weight excluding hydrogens is 472 g/mol. The molecule has 12 heteroatoms. The molecule has 1 rings (SSSR count). The smallest absolute Gasteiger partial charge is 0.407 e. The normalized spacial score (nSPS) is 22.2. The molecule has 36 heavy (non-hydrogen) atoms. The summed E-state index contributed by atoms with van der Waals surface area (Å²) in [6.45, 7) is 14.3. The van der Waals surface area contributed by atoms with E-state index in [9.17, 15) is 19.2 Å². The highest BCUT2D eigenvalue weighted by Crippen LogP contribution is 2.45. The van der Waals surface area contributed by atoms with Gasteiger partial charge in [-0.15, -0.1) is 0 Å². The maximum atomic E-state index is 12.4. The van der Waals surface area contributed by atoms with E-state index in [2.05, 4.69) is 42.0 Å². The lowest BCUT2D eigenvalue weighted by Gasteiger charge is -2.46. The third kappa shape index (κ3) is 12.7. The predicted octanol–water partition coefficient (Wildman–Crippen LogP) is 3.29. The molecule has 0 heterocycles. The van der Waals surface area contributed by atoms with E-state index in [1.807, 2.05) is 0 Å². The molecule has 208 valence electrons. The van der Waals surface area contributed by atoms with Crippen molar-refractivity contribution in [2.45, 2.75) is 86.0 Å². The number of nitrogens with one attached hydrogen (secondary N) is 4. The minimum absolute atomic E-state index is 0.0497. The number of amides is 4. The van der Waals surface area contributed by atoms with Crippen molar-refractivity contribution >= 4 is 24.4 Å². The van der Waals surface area contributed by atoms with Gasteiger partial charge in [0.25, 0.3) is 0 Å². The largest absolute Gasteiger partial charge is 0.446 e. The quantitative estimate of drug-likeness (QED) is 0.305. The average Bonchev–Trinajstić information content (AvgIpc) is 2.74. The fourth-order valence-electron chi connectivity index (χ4n) is 4.61. The Morgan fingerprint density at radius 2 is 1.28 bits per heavy atom. The minimum atomic E-state index is -0.606. The van der Waals surface area contributed by atoms with Gasteiger partial charge in [-0.05, 0) is 57.8 Å². The second kappa shape index (κ2) is 14.6. The molecule has 0 aromatic rings. The van der Waals surface area contributed by atoms with Gasteiger partial charge in [-0.25, -0.2) is 19.2 Å². The van der Waals surface area contributed by atoms with Gasteiger partial charge in [0, 0.05) is 25.7 Å². The molecule has 0 saturated heterocycles. The lowest BCUT2D eigenvalue weighted by molar-refractivity contribution is 0.0345. The minimum Gasteiger partial charge on any atom is -0.446 e. The van der Waals surface area contributed by atoms with Gasteiger partial charge < -0.3 is 40.2 Å². The molecule has 4 amide bonds. The van der Waals surface area contributed by atoms with Crippen LogP contribution in [0.15, 0.2) is 0 Å². The Morgan fingerprint density at radius 1 is 0.778 bits per heavy atom. The Hall–Kier alpha value is -2.92. The number of hydrogen-bond acceptors (Lipinski definition) is 8. The second-order valence-corrected chi connectivity index (χ2v) is 10.4. The Balaban J connectivity index is 2.53. The van der Waals surface area contributed by atoms with Crippen LogP contribution in [-0.4, -0.2) is 75.5 Å². The summed E-state index contributed by atoms with van der Waals surface area (Å²) < 4.78 is 20.6. The van der Waals surface area contributed by atoms with Crippen LogP contribution in [0.1, 0.15) is 67.7 Å². The summed E-state index contributed by atoms with van der Waals surface area (Å²) in [6, 6.07) is -0.162. The predicted molar refractivity (Wildman–Crippen MR) is 133 cm³/mol. The Morgan fingerprint density at radius 3 is 1.78 bits per heavy atom. The molecule has 0 radical (unpaired) electrons. The molecule has 1 aliphatic carbocycles. The Labute approximate surface area is 213 Å². The van der Waals surface area contributed by atoms with Gasteiger partial charge in [-0.1, -0.05) is 20.8 Å². The molecule has 4 N–H and O–H groups in total. The third-order valence-corrected chi connectivity index (χ3v) is 5.58. The second-order valence-electron chi connectivity index (χ2n) is 10.4. The van der Waals surface area contributed by atoms with Gasteiger partial charge in [0.1, 0.15) is 25.4 Å². The Bertz CT molecular complexity index is 748. The molecule has 4 unspecified atom stereocenters. The van der Waals surface area contributed by atoms with Crippen LogP contribution in [0, 0.1) is 10.8 Å². The number of carbonyl (C=O) groups excluding carboxylic acids is 4. The van der Waals surface area contributed by atoms with Gasteiger partial charge in [-0.3, -0.25) is 0 Å². The lowest BCUT2D eigenvalue weighted by atomic mass is 9.62. The van der Waals surface area contributed by atoms with Crippen molar-refractivity contribution in [3.8, 4) is 0 Å². The monoisotopic (exact) mass is 516 g/mol. The van der Waals surface area contributed by atoms with Crippen molar-refractivity contribution in [2.24, 2.45) is 10.8 Å². The zero-order valence-corrected chi connectivity index (χ0v) is 22.7. The Kier molecular flexibility index (Phi) is 12.6. The van der Waals surface area contributed by atoms with Crippen LogP contribution < -0.4 is 21.3 Å². The van der Waals surface area contributed by atoms with E-state index < -0.39 is 36.6 Å². The molecule has 0 aromatic carbocycles. The summed E-state index contributed by atoms with van der Waals surface area (Å²) >= 11 is 0. The first-order chi connectivity index (χ1) is 16.8. The van der Waals surface area contributed by atoms with Crippen molar-refractivity contribution in [1.82, 2.24) is 21.3 Å². The third-order valence-electron chi connectivity index (χ3n) is 5.58. The van der Waals surface area contributed by atoms with Crippen LogP contribution in [0.5, 0.6) is 0 Å². The fraction of sp³-hybridized carbons (Fsp3) is 0.833. The first-order valence-electron chi connectivity index (χ1n) is 12.5. The lowest BCUT2D eigenvalue weighted by Crippen LogP contribution is -2.51. The molecule has 0 spiro atoms. The van der Waals surface area contributed by atoms with Crippen molar-refractivity contribution < 1.29 is 38.1 Å². The summed E-state index contributed by atoms with van der Waals surface area (Å²) in [5, 5.41) is 10.7. The highest BCUT2D eigenvalue weighted by Gasteiger charge is 2.42. The van der Waals surface area contributed by atoms with Crippen LogP contribution in [-0.2, 0) is 18.9 Å². The number of alkyl carbamates (subject to hydrolysis) is 4. The van der Waals surface area contributed by atoms with Gasteiger partial charge in [0.05, 0.1) is 0 Å². The zero-order chi connectivity index (χ0) is 27.4. The molecule has 0 aliphatic heterocycles. The molecule has 0 bridgehead atoms. The molecule has 0 aromatic heterocycles. The first kappa shape index (κ1) is 31.1. The molecule has 4 atom stereocenters. The van der Waals surface area contributed by atoms with Crippen LogP contribution in [0.25, 0.3) is 0 Å². The number of hydrogen-bond donors (Lipinski definition) is 4. The summed E-state index contributed by atoms with van der Waals surface area (Å²) in [7, 11) is 0. The average molecular weight is 517 g/mol. The molecule has 1 fully saturated rings. The van der Waals surface area contributed by atoms with Crippen LogP contribution >= 0.6 is 0 Å². The van der Waals surface area contributed by atoms with E-state index in [0.29, 0.717) is 26.1 Å². The SMILES string of the molecule is CCNC(=O)OCC(C)OC(=O)NCC1(C)CC(NC(=O)OC(C)COC(=O)NCC)CC(C)(C)C1. The van der Waals surface area contributed by atoms with E-state index in [0.717, 1.165) is 12.8 Å². The molecule has 1 saturated carbocycles. The molecular formula is C24H44N4O8. The maximum absolute atomic E-state index is 12.4. The summed E-state index contributed by atoms with van der Waals surface area (Å²) in [5.74, 6) is 0. The van der Waals surface area contributed by atoms with Gasteiger partial charge in [0.15, 0.2) is 0 Å². The van der Waals surface area contributed by atoms with Crippen molar-refractivity contribution in [3.05, 3.63) is 0 Å². The van der Waals surface area contributed by atoms with E-state index >= 15 is 0 Å². The number of ether oxygens (including phenoxy) is 4. The van der Waals surface area contributed by atoms with Gasteiger partial charge in [-0.2, -0.15) is 0 Å². The summed E-state index contributed by atoms with van der Waals surface area (Å²) in [4.78, 5) is 47.5. The van der Waals surface area contributed by atoms with Crippen LogP contribution in [0.3, 0.4) is 0 Å². The molecule has 12 nitrogen and oxygen atoms in total. The first-order valence-corrected chi connectivity index (χ1v) is 12.5. The van der Waals surface area contributed by atoms with E-state index in [4.69, 9.17) is 18.9 Å². The zero-order valence-electron chi connectivity index (χ0n) is 22.7. The van der Waals surface area contributed by atoms with Crippen LogP contribution in [0.4, 0.5) is 19.2 Å². The van der Waals surface area contributed by atoms with Crippen molar-refractivity contribution in [2.75, 3.05) is 32.8 Å². The van der Waals surface area contributed by atoms with E-state index in [1.165, 1.54) is 0 Å².